The molecule has 0 saturated carbocycles. The van der Waals surface area contributed by atoms with Crippen LogP contribution in [0.4, 0.5) is 0 Å². The third kappa shape index (κ3) is 3.99. The molecule has 0 heterocycles. The second kappa shape index (κ2) is 7.29. The summed E-state index contributed by atoms with van der Waals surface area (Å²) < 4.78 is 5.50. The average molecular weight is 384 g/mol. The molecule has 0 atom stereocenters. The lowest BCUT2D eigenvalue weighted by molar-refractivity contribution is 0.0955. The fourth-order valence-corrected chi connectivity index (χ4v) is 2.24. The van der Waals surface area contributed by atoms with E-state index >= 15 is 0 Å². The summed E-state index contributed by atoms with van der Waals surface area (Å²) in [5.41, 5.74) is 3.51. The van der Waals surface area contributed by atoms with E-state index < -0.39 is 0 Å². The van der Waals surface area contributed by atoms with Crippen LogP contribution in [-0.4, -0.2) is 24.3 Å². The molecule has 0 bridgehead atoms. The van der Waals surface area contributed by atoms with Gasteiger partial charge >= 0.3 is 0 Å². The van der Waals surface area contributed by atoms with Crippen LogP contribution in [0.15, 0.2) is 46.0 Å². The zero-order valence-electron chi connectivity index (χ0n) is 11.5. The highest BCUT2D eigenvalue weighted by Crippen LogP contribution is 2.34. The quantitative estimate of drug-likeness (QED) is 0.626. The van der Waals surface area contributed by atoms with Gasteiger partial charge in [-0.05, 0) is 57.9 Å². The zero-order chi connectivity index (χ0) is 16.1. The normalized spacial score (nSPS) is 10.7. The van der Waals surface area contributed by atoms with Crippen molar-refractivity contribution in [3.8, 4) is 11.5 Å². The molecule has 114 valence electrons. The first-order chi connectivity index (χ1) is 10.5. The first-order valence-corrected chi connectivity index (χ1v) is 7.34. The molecule has 0 saturated heterocycles. The number of carbonyl (C=O) groups is 1. The van der Waals surface area contributed by atoms with Crippen LogP contribution in [-0.2, 0) is 0 Å². The molecular formula is C15H12BrClN2O3. The Balaban J connectivity index is 2.08. The van der Waals surface area contributed by atoms with Crippen LogP contribution in [0.25, 0.3) is 0 Å². The number of rotatable bonds is 4. The van der Waals surface area contributed by atoms with Gasteiger partial charge in [0.1, 0.15) is 0 Å². The predicted octanol–water partition coefficient (Wildman–Crippen LogP) is 3.58. The molecule has 0 radical (unpaired) electrons. The number of carbonyl (C=O) groups excluding carboxylic acids is 1. The van der Waals surface area contributed by atoms with E-state index in [2.05, 4.69) is 26.5 Å². The Morgan fingerprint density at radius 1 is 1.36 bits per heavy atom. The summed E-state index contributed by atoms with van der Waals surface area (Å²) in [6.07, 6.45) is 1.44. The summed E-state index contributed by atoms with van der Waals surface area (Å²) in [5, 5.41) is 14.1. The molecule has 2 aromatic carbocycles. The van der Waals surface area contributed by atoms with Crippen molar-refractivity contribution in [2.75, 3.05) is 7.11 Å². The van der Waals surface area contributed by atoms with Crippen LogP contribution in [0.2, 0.25) is 5.02 Å². The molecule has 0 aliphatic heterocycles. The zero-order valence-corrected chi connectivity index (χ0v) is 13.9. The summed E-state index contributed by atoms with van der Waals surface area (Å²) in [6.45, 7) is 0. The lowest BCUT2D eigenvalue weighted by Gasteiger charge is -2.06. The van der Waals surface area contributed by atoms with Crippen molar-refractivity contribution < 1.29 is 14.6 Å². The largest absolute Gasteiger partial charge is 0.503 e. The SMILES string of the molecule is COc1cc(/C=N\NC(=O)c2ccc(Cl)cc2)cc(Br)c1O. The van der Waals surface area contributed by atoms with Crippen LogP contribution in [0.1, 0.15) is 15.9 Å². The molecular weight excluding hydrogens is 372 g/mol. The van der Waals surface area contributed by atoms with E-state index in [-0.39, 0.29) is 11.7 Å². The average Bonchev–Trinajstić information content (AvgIpc) is 2.51. The van der Waals surface area contributed by atoms with Gasteiger partial charge in [-0.1, -0.05) is 11.6 Å². The highest BCUT2D eigenvalue weighted by molar-refractivity contribution is 9.10. The summed E-state index contributed by atoms with van der Waals surface area (Å²) in [7, 11) is 1.45. The number of hydrogen-bond acceptors (Lipinski definition) is 4. The molecule has 5 nitrogen and oxygen atoms in total. The van der Waals surface area contributed by atoms with Crippen LogP contribution in [0, 0.1) is 0 Å². The van der Waals surface area contributed by atoms with Crippen molar-refractivity contribution in [1.82, 2.24) is 5.43 Å². The number of benzene rings is 2. The van der Waals surface area contributed by atoms with Gasteiger partial charge in [-0.3, -0.25) is 4.79 Å². The Morgan fingerprint density at radius 3 is 2.68 bits per heavy atom. The van der Waals surface area contributed by atoms with Crippen LogP contribution < -0.4 is 10.2 Å². The van der Waals surface area contributed by atoms with Gasteiger partial charge in [0.05, 0.1) is 17.8 Å². The molecule has 2 aromatic rings. The van der Waals surface area contributed by atoms with Gasteiger partial charge in [-0.25, -0.2) is 5.43 Å². The summed E-state index contributed by atoms with van der Waals surface area (Å²) in [6, 6.07) is 9.71. The predicted molar refractivity (Wildman–Crippen MR) is 88.9 cm³/mol. The number of aromatic hydroxyl groups is 1. The summed E-state index contributed by atoms with van der Waals surface area (Å²) in [4.78, 5) is 11.8. The molecule has 0 unspecified atom stereocenters. The minimum atomic E-state index is -0.349. The number of nitrogens with zero attached hydrogens (tertiary/aromatic N) is 1. The maximum Gasteiger partial charge on any atom is 0.271 e. The van der Waals surface area contributed by atoms with Crippen molar-refractivity contribution in [3.05, 3.63) is 57.0 Å². The van der Waals surface area contributed by atoms with E-state index in [0.717, 1.165) is 0 Å². The first-order valence-electron chi connectivity index (χ1n) is 6.16. The standard InChI is InChI=1S/C15H12BrClN2O3/c1-22-13-7-9(6-12(16)14(13)20)8-18-19-15(21)10-2-4-11(17)5-3-10/h2-8,20H,1H3,(H,19,21)/b18-8-. The number of amides is 1. The lowest BCUT2D eigenvalue weighted by atomic mass is 10.2. The first kappa shape index (κ1) is 16.3. The van der Waals surface area contributed by atoms with Crippen LogP contribution in [0.3, 0.4) is 0 Å². The van der Waals surface area contributed by atoms with Gasteiger partial charge in [-0.2, -0.15) is 5.10 Å². The van der Waals surface area contributed by atoms with Crippen molar-refractivity contribution in [2.24, 2.45) is 5.10 Å². The van der Waals surface area contributed by atoms with Gasteiger partial charge in [0.2, 0.25) is 0 Å². The highest BCUT2D eigenvalue weighted by Gasteiger charge is 2.08. The third-order valence-electron chi connectivity index (χ3n) is 2.76. The minimum Gasteiger partial charge on any atom is -0.503 e. The monoisotopic (exact) mass is 382 g/mol. The number of halogens is 2. The molecule has 2 rings (SSSR count). The second-order valence-electron chi connectivity index (χ2n) is 4.26. The van der Waals surface area contributed by atoms with Gasteiger partial charge in [0.15, 0.2) is 11.5 Å². The molecule has 0 fully saturated rings. The van der Waals surface area contributed by atoms with Gasteiger partial charge < -0.3 is 9.84 Å². The molecule has 0 aromatic heterocycles. The van der Waals surface area contributed by atoms with E-state index in [1.54, 1.807) is 36.4 Å². The number of ether oxygens (including phenoxy) is 1. The van der Waals surface area contributed by atoms with Crippen molar-refractivity contribution in [2.45, 2.75) is 0 Å². The van der Waals surface area contributed by atoms with E-state index in [0.29, 0.717) is 26.4 Å². The lowest BCUT2D eigenvalue weighted by Crippen LogP contribution is -2.17. The smallest absolute Gasteiger partial charge is 0.271 e. The summed E-state index contributed by atoms with van der Waals surface area (Å²) >= 11 is 8.97. The topological polar surface area (TPSA) is 70.9 Å². The van der Waals surface area contributed by atoms with E-state index in [4.69, 9.17) is 16.3 Å². The number of hydrogen-bond donors (Lipinski definition) is 2. The highest BCUT2D eigenvalue weighted by atomic mass is 79.9. The Kier molecular flexibility index (Phi) is 5.41. The number of phenols is 1. The minimum absolute atomic E-state index is 0.00449. The van der Waals surface area contributed by atoms with Crippen LogP contribution in [0.5, 0.6) is 11.5 Å². The number of hydrazone groups is 1. The molecule has 0 spiro atoms. The Labute approximate surface area is 140 Å². The van der Waals surface area contributed by atoms with E-state index in [1.807, 2.05) is 0 Å². The van der Waals surface area contributed by atoms with Gasteiger partial charge in [0, 0.05) is 10.6 Å². The molecule has 2 N–H and O–H groups in total. The van der Waals surface area contributed by atoms with Crippen molar-refractivity contribution in [3.63, 3.8) is 0 Å². The fourth-order valence-electron chi connectivity index (χ4n) is 1.66. The summed E-state index contributed by atoms with van der Waals surface area (Å²) in [5.74, 6) is -0.0394. The van der Waals surface area contributed by atoms with Crippen LogP contribution >= 0.6 is 27.5 Å². The second-order valence-corrected chi connectivity index (χ2v) is 5.55. The number of nitrogens with one attached hydrogen (secondary N) is 1. The Hall–Kier alpha value is -2.05. The van der Waals surface area contributed by atoms with Crippen molar-refractivity contribution >= 4 is 39.7 Å². The maximum atomic E-state index is 11.8. The molecule has 1 amide bonds. The third-order valence-corrected chi connectivity index (χ3v) is 3.61. The Morgan fingerprint density at radius 2 is 2.05 bits per heavy atom. The molecule has 0 aliphatic carbocycles. The van der Waals surface area contributed by atoms with Gasteiger partial charge in [0.25, 0.3) is 5.91 Å². The Bertz CT molecular complexity index is 717. The van der Waals surface area contributed by atoms with E-state index in [9.17, 15) is 9.90 Å². The fraction of sp³-hybridized carbons (Fsp3) is 0.0667. The van der Waals surface area contributed by atoms with E-state index in [1.165, 1.54) is 13.3 Å². The van der Waals surface area contributed by atoms with Gasteiger partial charge in [-0.15, -0.1) is 0 Å². The molecule has 7 heteroatoms. The number of phenolic OH excluding ortho intramolecular Hbond substituents is 1. The maximum absolute atomic E-state index is 11.8. The van der Waals surface area contributed by atoms with Crippen molar-refractivity contribution in [1.29, 1.82) is 0 Å². The number of methoxy groups -OCH3 is 1. The molecule has 22 heavy (non-hydrogen) atoms. The molecule has 0 aliphatic rings.